The van der Waals surface area contributed by atoms with Crippen molar-refractivity contribution in [1.29, 1.82) is 0 Å². The van der Waals surface area contributed by atoms with Crippen molar-refractivity contribution < 1.29 is 9.53 Å². The van der Waals surface area contributed by atoms with Crippen LogP contribution in [0.3, 0.4) is 0 Å². The molecule has 0 heterocycles. The van der Waals surface area contributed by atoms with Crippen molar-refractivity contribution in [2.45, 2.75) is 38.1 Å². The van der Waals surface area contributed by atoms with E-state index in [1.165, 1.54) is 18.4 Å². The molecule has 4 heteroatoms. The zero-order chi connectivity index (χ0) is 15.3. The van der Waals surface area contributed by atoms with Crippen molar-refractivity contribution >= 4 is 5.91 Å². The average molecular weight is 290 g/mol. The fourth-order valence-electron chi connectivity index (χ4n) is 2.91. The summed E-state index contributed by atoms with van der Waals surface area (Å²) in [7, 11) is 4.19. The molecule has 1 saturated carbocycles. The normalized spacial score (nSPS) is 17.0. The van der Waals surface area contributed by atoms with E-state index < -0.39 is 0 Å². The van der Waals surface area contributed by atoms with Crippen molar-refractivity contribution in [2.75, 3.05) is 27.2 Å². The molecular weight excluding hydrogens is 264 g/mol. The first-order valence-corrected chi connectivity index (χ1v) is 7.65. The molecule has 1 fully saturated rings. The van der Waals surface area contributed by atoms with Gasteiger partial charge in [-0.3, -0.25) is 4.79 Å². The number of amides is 1. The van der Waals surface area contributed by atoms with E-state index in [1.807, 2.05) is 31.2 Å². The van der Waals surface area contributed by atoms with E-state index >= 15 is 0 Å². The third-order valence-corrected chi connectivity index (χ3v) is 4.49. The maximum atomic E-state index is 12.0. The first-order valence-electron chi connectivity index (χ1n) is 7.65. The number of aryl methyl sites for hydroxylation is 1. The van der Waals surface area contributed by atoms with Crippen LogP contribution in [0, 0.1) is 6.92 Å². The van der Waals surface area contributed by atoms with E-state index in [2.05, 4.69) is 24.3 Å². The Morgan fingerprint density at radius 1 is 1.24 bits per heavy atom. The summed E-state index contributed by atoms with van der Waals surface area (Å²) in [5, 5.41) is 3.02. The fraction of sp³-hybridized carbons (Fsp3) is 0.588. The molecule has 0 aliphatic heterocycles. The summed E-state index contributed by atoms with van der Waals surface area (Å²) in [6.07, 6.45) is 4.79. The molecule has 116 valence electrons. The van der Waals surface area contributed by atoms with Gasteiger partial charge in [-0.25, -0.2) is 0 Å². The van der Waals surface area contributed by atoms with E-state index in [1.54, 1.807) is 0 Å². The predicted octanol–water partition coefficient (Wildman–Crippen LogP) is 2.36. The molecule has 1 aromatic carbocycles. The molecule has 0 spiro atoms. The van der Waals surface area contributed by atoms with Crippen molar-refractivity contribution in [3.8, 4) is 5.75 Å². The van der Waals surface area contributed by atoms with Gasteiger partial charge in [0.05, 0.1) is 0 Å². The van der Waals surface area contributed by atoms with Gasteiger partial charge in [0.1, 0.15) is 5.75 Å². The van der Waals surface area contributed by atoms with Gasteiger partial charge in [0.2, 0.25) is 0 Å². The van der Waals surface area contributed by atoms with Crippen LogP contribution in [0.1, 0.15) is 31.2 Å². The van der Waals surface area contributed by atoms with Gasteiger partial charge in [-0.05, 0) is 46.0 Å². The predicted molar refractivity (Wildman–Crippen MR) is 84.6 cm³/mol. The lowest BCUT2D eigenvalue weighted by atomic mass is 9.96. The van der Waals surface area contributed by atoms with Crippen LogP contribution >= 0.6 is 0 Å². The van der Waals surface area contributed by atoms with Crippen LogP contribution in [0.25, 0.3) is 0 Å². The Bertz CT molecular complexity index is 462. The Labute approximate surface area is 127 Å². The van der Waals surface area contributed by atoms with Gasteiger partial charge in [0.15, 0.2) is 6.61 Å². The van der Waals surface area contributed by atoms with E-state index in [0.29, 0.717) is 6.54 Å². The summed E-state index contributed by atoms with van der Waals surface area (Å²) in [5.41, 5.74) is 1.31. The number of carbonyl (C=O) groups excluding carboxylic acids is 1. The minimum Gasteiger partial charge on any atom is -0.484 e. The zero-order valence-corrected chi connectivity index (χ0v) is 13.3. The maximum absolute atomic E-state index is 12.0. The van der Waals surface area contributed by atoms with E-state index in [9.17, 15) is 4.79 Å². The van der Waals surface area contributed by atoms with Crippen molar-refractivity contribution in [3.63, 3.8) is 0 Å². The van der Waals surface area contributed by atoms with E-state index in [0.717, 1.165) is 18.6 Å². The molecular formula is C17H26N2O2. The summed E-state index contributed by atoms with van der Waals surface area (Å²) >= 11 is 0. The van der Waals surface area contributed by atoms with Crippen LogP contribution in [-0.2, 0) is 4.79 Å². The second kappa shape index (κ2) is 6.94. The van der Waals surface area contributed by atoms with Crippen LogP contribution in [-0.4, -0.2) is 43.6 Å². The molecule has 0 atom stereocenters. The quantitative estimate of drug-likeness (QED) is 0.874. The van der Waals surface area contributed by atoms with Crippen LogP contribution in [0.2, 0.25) is 0 Å². The Kier molecular flexibility index (Phi) is 5.23. The number of hydrogen-bond acceptors (Lipinski definition) is 3. The summed E-state index contributed by atoms with van der Waals surface area (Å²) in [4.78, 5) is 14.2. The van der Waals surface area contributed by atoms with Crippen LogP contribution < -0.4 is 10.1 Å². The molecule has 0 radical (unpaired) electrons. The highest BCUT2D eigenvalue weighted by molar-refractivity contribution is 5.77. The molecule has 0 saturated heterocycles. The number of rotatable bonds is 6. The standard InChI is InChI=1S/C17H26N2O2/c1-14-6-8-15(9-7-14)21-12-16(20)18-13-17(19(2)3)10-4-5-11-17/h6-9H,4-5,10-13H2,1-3H3,(H,18,20). The van der Waals surface area contributed by atoms with Crippen LogP contribution in [0.15, 0.2) is 24.3 Å². The minimum absolute atomic E-state index is 0.0521. The molecule has 0 bridgehead atoms. The van der Waals surface area contributed by atoms with Gasteiger partial charge < -0.3 is 15.0 Å². The molecule has 0 aromatic heterocycles. The topological polar surface area (TPSA) is 41.6 Å². The number of ether oxygens (including phenoxy) is 1. The number of nitrogens with zero attached hydrogens (tertiary/aromatic N) is 1. The Balaban J connectivity index is 1.78. The summed E-state index contributed by atoms with van der Waals surface area (Å²) < 4.78 is 5.51. The second-order valence-corrected chi connectivity index (χ2v) is 6.20. The lowest BCUT2D eigenvalue weighted by Crippen LogP contribution is -2.51. The zero-order valence-electron chi connectivity index (χ0n) is 13.3. The third-order valence-electron chi connectivity index (χ3n) is 4.49. The molecule has 1 aliphatic rings. The van der Waals surface area contributed by atoms with E-state index in [4.69, 9.17) is 4.74 Å². The average Bonchev–Trinajstić information content (AvgIpc) is 2.95. The Morgan fingerprint density at radius 3 is 2.43 bits per heavy atom. The van der Waals surface area contributed by atoms with Gasteiger partial charge in [-0.15, -0.1) is 0 Å². The molecule has 2 rings (SSSR count). The second-order valence-electron chi connectivity index (χ2n) is 6.20. The first-order chi connectivity index (χ1) is 10.0. The third kappa shape index (κ3) is 4.21. The van der Waals surface area contributed by atoms with Gasteiger partial charge in [0, 0.05) is 12.1 Å². The van der Waals surface area contributed by atoms with Crippen molar-refractivity contribution in [2.24, 2.45) is 0 Å². The molecule has 0 unspecified atom stereocenters. The Morgan fingerprint density at radius 2 is 1.86 bits per heavy atom. The minimum atomic E-state index is -0.0521. The van der Waals surface area contributed by atoms with Gasteiger partial charge in [0.25, 0.3) is 5.91 Å². The smallest absolute Gasteiger partial charge is 0.258 e. The number of likely N-dealkylation sites (N-methyl/N-ethyl adjacent to an activating group) is 1. The molecule has 1 N–H and O–H groups in total. The summed E-state index contributed by atoms with van der Waals surface area (Å²) in [6.45, 7) is 2.81. The largest absolute Gasteiger partial charge is 0.484 e. The van der Waals surface area contributed by atoms with Gasteiger partial charge in [-0.2, -0.15) is 0 Å². The van der Waals surface area contributed by atoms with Crippen molar-refractivity contribution in [1.82, 2.24) is 10.2 Å². The molecule has 4 nitrogen and oxygen atoms in total. The number of benzene rings is 1. The van der Waals surface area contributed by atoms with E-state index in [-0.39, 0.29) is 18.1 Å². The molecule has 1 aliphatic carbocycles. The fourth-order valence-corrected chi connectivity index (χ4v) is 2.91. The van der Waals surface area contributed by atoms with Gasteiger partial charge in [-0.1, -0.05) is 30.5 Å². The molecule has 1 aromatic rings. The Hall–Kier alpha value is -1.55. The summed E-state index contributed by atoms with van der Waals surface area (Å²) in [6, 6.07) is 7.74. The molecule has 21 heavy (non-hydrogen) atoms. The molecule has 1 amide bonds. The van der Waals surface area contributed by atoms with Crippen LogP contribution in [0.5, 0.6) is 5.75 Å². The summed E-state index contributed by atoms with van der Waals surface area (Å²) in [5.74, 6) is 0.683. The highest BCUT2D eigenvalue weighted by Crippen LogP contribution is 2.33. The number of nitrogens with one attached hydrogen (secondary N) is 1. The SMILES string of the molecule is Cc1ccc(OCC(=O)NCC2(N(C)C)CCCC2)cc1. The maximum Gasteiger partial charge on any atom is 0.258 e. The highest BCUT2D eigenvalue weighted by atomic mass is 16.5. The monoisotopic (exact) mass is 290 g/mol. The number of hydrogen-bond donors (Lipinski definition) is 1. The first kappa shape index (κ1) is 15.8. The number of carbonyl (C=O) groups is 1. The van der Waals surface area contributed by atoms with Crippen molar-refractivity contribution in [3.05, 3.63) is 29.8 Å². The lowest BCUT2D eigenvalue weighted by Gasteiger charge is -2.36. The highest BCUT2D eigenvalue weighted by Gasteiger charge is 2.36. The van der Waals surface area contributed by atoms with Gasteiger partial charge >= 0.3 is 0 Å². The van der Waals surface area contributed by atoms with Crippen LogP contribution in [0.4, 0.5) is 0 Å². The lowest BCUT2D eigenvalue weighted by molar-refractivity contribution is -0.123.